The second kappa shape index (κ2) is 7.87. The van der Waals surface area contributed by atoms with Crippen molar-refractivity contribution in [3.05, 3.63) is 64.5 Å². The summed E-state index contributed by atoms with van der Waals surface area (Å²) in [6.45, 7) is 0.615. The van der Waals surface area contributed by atoms with Crippen LogP contribution in [0.15, 0.2) is 36.4 Å². The van der Waals surface area contributed by atoms with Gasteiger partial charge in [-0.05, 0) is 17.7 Å². The van der Waals surface area contributed by atoms with Gasteiger partial charge in [0.25, 0.3) is 12.3 Å². The summed E-state index contributed by atoms with van der Waals surface area (Å²) >= 11 is 0. The Morgan fingerprint density at radius 1 is 1.24 bits per heavy atom. The van der Waals surface area contributed by atoms with E-state index in [0.29, 0.717) is 11.1 Å². The monoisotopic (exact) mass is 405 g/mol. The fourth-order valence-electron chi connectivity index (χ4n) is 3.37. The minimum absolute atomic E-state index is 0.0677. The van der Waals surface area contributed by atoms with Crippen molar-refractivity contribution in [1.82, 2.24) is 4.90 Å². The number of carbonyl (C=O) groups excluding carboxylic acids is 2. The maximum atomic E-state index is 14.3. The van der Waals surface area contributed by atoms with Crippen LogP contribution in [0.2, 0.25) is 0 Å². The number of likely N-dealkylation sites (tertiary alicyclic amines) is 1. The molecule has 29 heavy (non-hydrogen) atoms. The molecule has 2 aliphatic heterocycles. The fraction of sp³-hybridized carbons (Fsp3) is 0.333. The zero-order chi connectivity index (χ0) is 20.5. The lowest BCUT2D eigenvalue weighted by atomic mass is 10.0. The van der Waals surface area contributed by atoms with Crippen LogP contribution in [0.3, 0.4) is 0 Å². The Morgan fingerprint density at radius 2 is 2.03 bits per heavy atom. The normalized spacial score (nSPS) is 16.4. The summed E-state index contributed by atoms with van der Waals surface area (Å²) in [5, 5.41) is 0. The molecule has 0 aromatic heterocycles. The molecule has 2 aliphatic rings. The largest absolute Gasteiger partial charge is 0.485 e. The van der Waals surface area contributed by atoms with Crippen molar-refractivity contribution in [2.24, 2.45) is 0 Å². The average Bonchev–Trinajstić information content (AvgIpc) is 2.66. The molecule has 1 amide bonds. The Balaban J connectivity index is 1.34. The molecule has 1 fully saturated rings. The summed E-state index contributed by atoms with van der Waals surface area (Å²) in [7, 11) is 0. The Kier molecular flexibility index (Phi) is 5.27. The number of rotatable bonds is 5. The van der Waals surface area contributed by atoms with Gasteiger partial charge in [0.2, 0.25) is 0 Å². The first-order chi connectivity index (χ1) is 13.9. The summed E-state index contributed by atoms with van der Waals surface area (Å²) in [5.74, 6) is -1.02. The Morgan fingerprint density at radius 3 is 2.79 bits per heavy atom. The first-order valence-corrected chi connectivity index (χ1v) is 9.15. The smallest absolute Gasteiger partial charge is 0.263 e. The molecule has 0 radical (unpaired) electrons. The maximum Gasteiger partial charge on any atom is 0.263 e. The summed E-state index contributed by atoms with van der Waals surface area (Å²) < 4.78 is 50.6. The highest BCUT2D eigenvalue weighted by Crippen LogP contribution is 2.29. The molecule has 2 heterocycles. The van der Waals surface area contributed by atoms with Crippen LogP contribution in [0.25, 0.3) is 0 Å². The van der Waals surface area contributed by atoms with Gasteiger partial charge in [-0.25, -0.2) is 13.2 Å². The minimum Gasteiger partial charge on any atom is -0.485 e. The molecule has 0 saturated carbocycles. The van der Waals surface area contributed by atoms with E-state index in [1.165, 1.54) is 23.1 Å². The SMILES string of the molecule is O=C1COc2cc(F)c(C(=O)N3CC(OCc4cccc(C(F)F)c4)C3)cc2C1. The predicted octanol–water partition coefficient (Wildman–Crippen LogP) is 3.31. The highest BCUT2D eigenvalue weighted by atomic mass is 19.3. The van der Waals surface area contributed by atoms with Gasteiger partial charge >= 0.3 is 0 Å². The van der Waals surface area contributed by atoms with Crippen molar-refractivity contribution in [1.29, 1.82) is 0 Å². The lowest BCUT2D eigenvalue weighted by Crippen LogP contribution is -2.54. The molecule has 0 atom stereocenters. The number of fused-ring (bicyclic) bond motifs is 1. The number of carbonyl (C=O) groups is 2. The van der Waals surface area contributed by atoms with Gasteiger partial charge in [-0.1, -0.05) is 18.2 Å². The topological polar surface area (TPSA) is 55.8 Å². The van der Waals surface area contributed by atoms with E-state index in [2.05, 4.69) is 0 Å². The second-order valence-corrected chi connectivity index (χ2v) is 7.13. The molecule has 152 valence electrons. The van der Waals surface area contributed by atoms with Crippen LogP contribution in [0.1, 0.15) is 33.5 Å². The fourth-order valence-corrected chi connectivity index (χ4v) is 3.37. The highest BCUT2D eigenvalue weighted by Gasteiger charge is 2.34. The first kappa shape index (κ1) is 19.4. The van der Waals surface area contributed by atoms with Crippen molar-refractivity contribution in [3.8, 4) is 5.75 Å². The zero-order valence-corrected chi connectivity index (χ0v) is 15.4. The van der Waals surface area contributed by atoms with Gasteiger partial charge in [-0.2, -0.15) is 0 Å². The summed E-state index contributed by atoms with van der Waals surface area (Å²) in [6, 6.07) is 8.48. The van der Waals surface area contributed by atoms with Crippen LogP contribution in [0.5, 0.6) is 5.75 Å². The number of Topliss-reactive ketones (excluding diaryl/α,β-unsaturated/α-hetero) is 1. The van der Waals surface area contributed by atoms with Crippen LogP contribution in [0, 0.1) is 5.82 Å². The van der Waals surface area contributed by atoms with Gasteiger partial charge in [0.15, 0.2) is 5.78 Å². The summed E-state index contributed by atoms with van der Waals surface area (Å²) in [6.07, 6.45) is -2.68. The number of ether oxygens (including phenoxy) is 2. The minimum atomic E-state index is -2.54. The third kappa shape index (κ3) is 4.12. The van der Waals surface area contributed by atoms with E-state index in [1.54, 1.807) is 12.1 Å². The van der Waals surface area contributed by atoms with E-state index in [0.717, 1.165) is 6.07 Å². The molecule has 0 bridgehead atoms. The Labute approximate surface area is 165 Å². The first-order valence-electron chi connectivity index (χ1n) is 9.15. The maximum absolute atomic E-state index is 14.3. The van der Waals surface area contributed by atoms with Crippen molar-refractivity contribution < 1.29 is 32.2 Å². The second-order valence-electron chi connectivity index (χ2n) is 7.13. The lowest BCUT2D eigenvalue weighted by molar-refractivity contribution is -0.121. The van der Waals surface area contributed by atoms with Gasteiger partial charge in [0, 0.05) is 36.7 Å². The van der Waals surface area contributed by atoms with E-state index in [1.807, 2.05) is 0 Å². The molecule has 1 saturated heterocycles. The van der Waals surface area contributed by atoms with Gasteiger partial charge < -0.3 is 14.4 Å². The van der Waals surface area contributed by atoms with Crippen LogP contribution < -0.4 is 4.74 Å². The van der Waals surface area contributed by atoms with Crippen molar-refractivity contribution in [2.75, 3.05) is 19.7 Å². The number of nitrogens with zero attached hydrogens (tertiary/aromatic N) is 1. The third-order valence-electron chi connectivity index (χ3n) is 4.98. The Bertz CT molecular complexity index is 957. The van der Waals surface area contributed by atoms with Crippen molar-refractivity contribution >= 4 is 11.7 Å². The van der Waals surface area contributed by atoms with Crippen LogP contribution in [-0.4, -0.2) is 42.4 Å². The van der Waals surface area contributed by atoms with Crippen molar-refractivity contribution in [2.45, 2.75) is 25.6 Å². The molecule has 8 heteroatoms. The van der Waals surface area contributed by atoms with Crippen LogP contribution >= 0.6 is 0 Å². The lowest BCUT2D eigenvalue weighted by Gasteiger charge is -2.39. The molecule has 0 aliphatic carbocycles. The molecule has 0 unspecified atom stereocenters. The van der Waals surface area contributed by atoms with Crippen LogP contribution in [0.4, 0.5) is 13.2 Å². The molecular formula is C21H18F3NO4. The molecule has 0 N–H and O–H groups in total. The molecule has 2 aromatic carbocycles. The number of ketones is 1. The molecule has 4 rings (SSSR count). The number of hydrogen-bond donors (Lipinski definition) is 0. The summed E-state index contributed by atoms with van der Waals surface area (Å²) in [5.41, 5.74) is 0.947. The molecule has 5 nitrogen and oxygen atoms in total. The van der Waals surface area contributed by atoms with Gasteiger partial charge in [0.05, 0.1) is 18.3 Å². The number of halogens is 3. The average molecular weight is 405 g/mol. The van der Waals surface area contributed by atoms with Gasteiger partial charge in [-0.3, -0.25) is 9.59 Å². The summed E-state index contributed by atoms with van der Waals surface area (Å²) in [4.78, 5) is 25.5. The quantitative estimate of drug-likeness (QED) is 0.766. The number of hydrogen-bond acceptors (Lipinski definition) is 4. The number of benzene rings is 2. The van der Waals surface area contributed by atoms with Gasteiger partial charge in [0.1, 0.15) is 18.2 Å². The standard InChI is InChI=1S/C21H18F3NO4/c22-18-7-19-14(5-15(26)11-29-19)6-17(18)21(27)25-8-16(9-25)28-10-12-2-1-3-13(4-12)20(23)24/h1-4,6-7,16,20H,5,8-11H2. The van der Waals surface area contributed by atoms with E-state index in [-0.39, 0.29) is 61.5 Å². The van der Waals surface area contributed by atoms with Gasteiger partial charge in [-0.15, -0.1) is 0 Å². The highest BCUT2D eigenvalue weighted by molar-refractivity contribution is 5.96. The zero-order valence-electron chi connectivity index (χ0n) is 15.4. The van der Waals surface area contributed by atoms with Crippen molar-refractivity contribution in [3.63, 3.8) is 0 Å². The van der Waals surface area contributed by atoms with E-state index < -0.39 is 18.1 Å². The molecular weight excluding hydrogens is 387 g/mol. The van der Waals surface area contributed by atoms with E-state index in [4.69, 9.17) is 9.47 Å². The molecule has 0 spiro atoms. The number of alkyl halides is 2. The molecule has 2 aromatic rings. The van der Waals surface area contributed by atoms with Crippen LogP contribution in [-0.2, 0) is 22.6 Å². The predicted molar refractivity (Wildman–Crippen MR) is 96.5 cm³/mol. The third-order valence-corrected chi connectivity index (χ3v) is 4.98. The van der Waals surface area contributed by atoms with E-state index in [9.17, 15) is 22.8 Å². The Hall–Kier alpha value is -2.87. The van der Waals surface area contributed by atoms with E-state index >= 15 is 0 Å². The number of amides is 1.